The van der Waals surface area contributed by atoms with Gasteiger partial charge < -0.3 is 15.6 Å². The van der Waals surface area contributed by atoms with Crippen LogP contribution in [0.3, 0.4) is 0 Å². The maximum Gasteiger partial charge on any atom is 0.573 e. The van der Waals surface area contributed by atoms with Crippen molar-refractivity contribution in [1.82, 2.24) is 0 Å². The van der Waals surface area contributed by atoms with Gasteiger partial charge in [0.15, 0.2) is 0 Å². The van der Waals surface area contributed by atoms with Gasteiger partial charge >= 0.3 is 6.36 Å². The van der Waals surface area contributed by atoms with Crippen molar-refractivity contribution in [2.24, 2.45) is 5.73 Å². The molecular formula is C14H11Br2ClF3NO2. The smallest absolute Gasteiger partial charge is 0.506 e. The van der Waals surface area contributed by atoms with E-state index in [4.69, 9.17) is 5.73 Å². The summed E-state index contributed by atoms with van der Waals surface area (Å²) in [4.78, 5) is 0. The van der Waals surface area contributed by atoms with E-state index in [9.17, 15) is 18.3 Å². The monoisotopic (exact) mass is 475 g/mol. The summed E-state index contributed by atoms with van der Waals surface area (Å²) in [5.74, 6) is -0.263. The zero-order chi connectivity index (χ0) is 16.5. The Morgan fingerprint density at radius 1 is 1.00 bits per heavy atom. The average Bonchev–Trinajstić information content (AvgIpc) is 2.42. The number of benzene rings is 2. The molecule has 3 nitrogen and oxygen atoms in total. The lowest BCUT2D eigenvalue weighted by Crippen LogP contribution is -2.17. The summed E-state index contributed by atoms with van der Waals surface area (Å²) in [6.45, 7) is 0. The van der Waals surface area contributed by atoms with Crippen LogP contribution >= 0.6 is 44.3 Å². The van der Waals surface area contributed by atoms with Crippen molar-refractivity contribution in [3.63, 3.8) is 0 Å². The maximum atomic E-state index is 12.1. The minimum atomic E-state index is -4.73. The fourth-order valence-corrected chi connectivity index (χ4v) is 3.06. The summed E-state index contributed by atoms with van der Waals surface area (Å²) in [5.41, 5.74) is 7.39. The fourth-order valence-electron chi connectivity index (χ4n) is 1.83. The molecule has 0 fully saturated rings. The minimum Gasteiger partial charge on any atom is -0.506 e. The van der Waals surface area contributed by atoms with E-state index >= 15 is 0 Å². The Labute approximate surface area is 153 Å². The molecule has 2 aromatic rings. The van der Waals surface area contributed by atoms with Gasteiger partial charge in [0.25, 0.3) is 0 Å². The number of phenols is 1. The number of ether oxygens (including phenoxy) is 1. The molecule has 0 aliphatic carbocycles. The largest absolute Gasteiger partial charge is 0.573 e. The first-order valence-electron chi connectivity index (χ1n) is 5.96. The molecule has 126 valence electrons. The lowest BCUT2D eigenvalue weighted by atomic mass is 9.99. The third-order valence-electron chi connectivity index (χ3n) is 2.87. The predicted octanol–water partition coefficient (Wildman–Crippen LogP) is 5.29. The zero-order valence-electron chi connectivity index (χ0n) is 11.3. The average molecular weight is 478 g/mol. The van der Waals surface area contributed by atoms with Crippen LogP contribution in [0.2, 0.25) is 0 Å². The van der Waals surface area contributed by atoms with E-state index in [1.54, 1.807) is 12.1 Å². The van der Waals surface area contributed by atoms with Crippen molar-refractivity contribution in [3.8, 4) is 11.5 Å². The second-order valence-corrected chi connectivity index (χ2v) is 6.14. The first-order valence-corrected chi connectivity index (χ1v) is 7.55. The van der Waals surface area contributed by atoms with E-state index in [1.807, 2.05) is 0 Å². The van der Waals surface area contributed by atoms with Gasteiger partial charge in [0.1, 0.15) is 11.5 Å². The third kappa shape index (κ3) is 5.27. The summed E-state index contributed by atoms with van der Waals surface area (Å²) in [6.07, 6.45) is -4.73. The number of phenolic OH excluding ortho intramolecular Hbond substituents is 1. The molecule has 9 heteroatoms. The van der Waals surface area contributed by atoms with Crippen LogP contribution in [0, 0.1) is 0 Å². The molecule has 0 heterocycles. The first kappa shape index (κ1) is 20.1. The van der Waals surface area contributed by atoms with E-state index in [2.05, 4.69) is 36.6 Å². The van der Waals surface area contributed by atoms with Gasteiger partial charge in [-0.1, -0.05) is 12.1 Å². The van der Waals surface area contributed by atoms with Crippen LogP contribution in [-0.4, -0.2) is 11.5 Å². The van der Waals surface area contributed by atoms with Crippen LogP contribution in [0.1, 0.15) is 17.2 Å². The second-order valence-electron chi connectivity index (χ2n) is 4.43. The second kappa shape index (κ2) is 7.74. The highest BCUT2D eigenvalue weighted by Crippen LogP contribution is 2.36. The molecule has 0 bridgehead atoms. The molecular weight excluding hydrogens is 466 g/mol. The number of halogens is 6. The van der Waals surface area contributed by atoms with Gasteiger partial charge in [-0.25, -0.2) is 0 Å². The molecule has 0 unspecified atom stereocenters. The van der Waals surface area contributed by atoms with E-state index < -0.39 is 12.4 Å². The van der Waals surface area contributed by atoms with Gasteiger partial charge in [-0.15, -0.1) is 25.6 Å². The van der Waals surface area contributed by atoms with Gasteiger partial charge in [0.2, 0.25) is 0 Å². The molecule has 3 N–H and O–H groups in total. The maximum absolute atomic E-state index is 12.1. The van der Waals surface area contributed by atoms with E-state index in [-0.39, 0.29) is 23.9 Å². The Morgan fingerprint density at radius 3 is 1.91 bits per heavy atom. The number of nitrogens with two attached hydrogens (primary N) is 1. The summed E-state index contributed by atoms with van der Waals surface area (Å²) in [6, 6.07) is 8.05. The van der Waals surface area contributed by atoms with Crippen molar-refractivity contribution in [3.05, 3.63) is 56.5 Å². The van der Waals surface area contributed by atoms with E-state index in [0.717, 1.165) is 0 Å². The third-order valence-corrected chi connectivity index (χ3v) is 4.08. The number of rotatable bonds is 3. The van der Waals surface area contributed by atoms with Crippen molar-refractivity contribution in [1.29, 1.82) is 0 Å². The standard InChI is InChI=1S/C14H10Br2F3NO2.ClH/c15-10-5-8(6-11(16)13(10)21)12(20)7-1-3-9(4-2-7)22-14(17,18)19;/h1-6,12,21H,20H2;1H/t12-;/m1./s1. The Hall–Kier alpha value is -0.960. The molecule has 23 heavy (non-hydrogen) atoms. The Bertz CT molecular complexity index is 658. The van der Waals surface area contributed by atoms with E-state index in [1.165, 1.54) is 24.3 Å². The summed E-state index contributed by atoms with van der Waals surface area (Å²) < 4.78 is 41.1. The number of hydrogen-bond donors (Lipinski definition) is 2. The highest BCUT2D eigenvalue weighted by molar-refractivity contribution is 9.11. The summed E-state index contributed by atoms with van der Waals surface area (Å²) >= 11 is 6.40. The lowest BCUT2D eigenvalue weighted by Gasteiger charge is -2.15. The highest BCUT2D eigenvalue weighted by Gasteiger charge is 2.31. The fraction of sp³-hybridized carbons (Fsp3) is 0.143. The molecule has 2 aromatic carbocycles. The lowest BCUT2D eigenvalue weighted by molar-refractivity contribution is -0.274. The van der Waals surface area contributed by atoms with Crippen molar-refractivity contribution in [2.45, 2.75) is 12.4 Å². The quantitative estimate of drug-likeness (QED) is 0.632. The number of hydrogen-bond acceptors (Lipinski definition) is 3. The van der Waals surface area contributed by atoms with E-state index in [0.29, 0.717) is 20.1 Å². The number of aromatic hydroxyl groups is 1. The van der Waals surface area contributed by atoms with Crippen LogP contribution in [-0.2, 0) is 0 Å². The molecule has 0 aromatic heterocycles. The minimum absolute atomic E-state index is 0. The van der Waals surface area contributed by atoms with Gasteiger partial charge in [-0.3, -0.25) is 0 Å². The summed E-state index contributed by atoms with van der Waals surface area (Å²) in [7, 11) is 0. The molecule has 0 aliphatic rings. The summed E-state index contributed by atoms with van der Waals surface area (Å²) in [5, 5.41) is 9.67. The van der Waals surface area contributed by atoms with Crippen molar-refractivity contribution in [2.75, 3.05) is 0 Å². The van der Waals surface area contributed by atoms with Gasteiger partial charge in [-0.2, -0.15) is 0 Å². The molecule has 1 atom stereocenters. The Balaban J connectivity index is 0.00000264. The molecule has 2 rings (SSSR count). The molecule has 0 spiro atoms. The van der Waals surface area contributed by atoms with Crippen LogP contribution in [0.15, 0.2) is 45.3 Å². The van der Waals surface area contributed by atoms with Crippen LogP contribution < -0.4 is 10.5 Å². The SMILES string of the molecule is Cl.N[C@H](c1ccc(OC(F)(F)F)cc1)c1cc(Br)c(O)c(Br)c1. The predicted molar refractivity (Wildman–Crippen MR) is 89.9 cm³/mol. The Morgan fingerprint density at radius 2 is 1.48 bits per heavy atom. The van der Waals surface area contributed by atoms with Crippen LogP contribution in [0.25, 0.3) is 0 Å². The van der Waals surface area contributed by atoms with Crippen molar-refractivity contribution < 1.29 is 23.0 Å². The topological polar surface area (TPSA) is 55.5 Å². The zero-order valence-corrected chi connectivity index (χ0v) is 15.3. The molecule has 0 saturated heterocycles. The molecule has 0 radical (unpaired) electrons. The normalized spacial score (nSPS) is 12.4. The first-order chi connectivity index (χ1) is 10.2. The van der Waals surface area contributed by atoms with Crippen LogP contribution in [0.5, 0.6) is 11.5 Å². The van der Waals surface area contributed by atoms with Gasteiger partial charge in [-0.05, 0) is 67.3 Å². The molecule has 0 saturated carbocycles. The van der Waals surface area contributed by atoms with Crippen LogP contribution in [0.4, 0.5) is 13.2 Å². The number of alkyl halides is 3. The Kier molecular flexibility index (Phi) is 6.76. The highest BCUT2D eigenvalue weighted by atomic mass is 79.9. The molecule has 0 amide bonds. The molecule has 0 aliphatic heterocycles. The van der Waals surface area contributed by atoms with Crippen molar-refractivity contribution >= 4 is 44.3 Å². The van der Waals surface area contributed by atoms with Gasteiger partial charge in [0, 0.05) is 0 Å². The van der Waals surface area contributed by atoms with Gasteiger partial charge in [0.05, 0.1) is 15.0 Å².